The lowest BCUT2D eigenvalue weighted by atomic mass is 10.0. The molecule has 1 saturated heterocycles. The van der Waals surface area contributed by atoms with Gasteiger partial charge in [-0.3, -0.25) is 0 Å². The largest absolute Gasteiger partial charge is 0.495 e. The summed E-state index contributed by atoms with van der Waals surface area (Å²) in [5.41, 5.74) is 1.49. The van der Waals surface area contributed by atoms with Gasteiger partial charge in [0.1, 0.15) is 11.8 Å². The summed E-state index contributed by atoms with van der Waals surface area (Å²) < 4.78 is 11.9. The molecular weight excluding hydrogens is 436 g/mol. The van der Waals surface area contributed by atoms with Crippen molar-refractivity contribution in [3.8, 4) is 17.1 Å². The van der Waals surface area contributed by atoms with Crippen molar-refractivity contribution >= 4 is 27.6 Å². The molecule has 0 radical (unpaired) electrons. The second kappa shape index (κ2) is 8.65. The molecule has 0 aliphatic carbocycles. The third-order valence-corrected chi connectivity index (χ3v) is 5.47. The standard InChI is InChI=1S/C21H21BrN4O3/c1-28-18-8-3-2-6-16(18)23-21(27)26-13-5-4-7-17(26)20-24-19(25-29-20)14-9-11-15(22)12-10-14/h2-3,6,8-12,17H,4-5,7,13H2,1H3,(H,23,27). The van der Waals surface area contributed by atoms with E-state index in [9.17, 15) is 4.79 Å². The summed E-state index contributed by atoms with van der Waals surface area (Å²) in [7, 11) is 1.58. The predicted octanol–water partition coefficient (Wildman–Crippen LogP) is 5.27. The number of carbonyl (C=O) groups excluding carboxylic acids is 1. The summed E-state index contributed by atoms with van der Waals surface area (Å²) >= 11 is 3.42. The van der Waals surface area contributed by atoms with Crippen LogP contribution in [0.1, 0.15) is 31.2 Å². The highest BCUT2D eigenvalue weighted by Crippen LogP contribution is 2.32. The Bertz CT molecular complexity index is 990. The topological polar surface area (TPSA) is 80.5 Å². The molecule has 7 nitrogen and oxygen atoms in total. The molecular formula is C21H21BrN4O3. The van der Waals surface area contributed by atoms with Crippen LogP contribution in [0.25, 0.3) is 11.4 Å². The van der Waals surface area contributed by atoms with Gasteiger partial charge in [0, 0.05) is 16.6 Å². The summed E-state index contributed by atoms with van der Waals surface area (Å²) in [5.74, 6) is 1.59. The molecule has 1 aliphatic rings. The molecule has 1 aliphatic heterocycles. The second-order valence-electron chi connectivity index (χ2n) is 6.80. The lowest BCUT2D eigenvalue weighted by Crippen LogP contribution is -2.41. The molecule has 2 aromatic carbocycles. The zero-order chi connectivity index (χ0) is 20.2. The van der Waals surface area contributed by atoms with Gasteiger partial charge in [-0.25, -0.2) is 4.79 Å². The number of urea groups is 1. The molecule has 3 aromatic rings. The molecule has 2 amide bonds. The average Bonchev–Trinajstić information content (AvgIpc) is 3.25. The van der Waals surface area contributed by atoms with Gasteiger partial charge in [-0.2, -0.15) is 4.98 Å². The zero-order valence-electron chi connectivity index (χ0n) is 16.0. The Morgan fingerprint density at radius 2 is 2.00 bits per heavy atom. The number of piperidine rings is 1. The number of amides is 2. The van der Waals surface area contributed by atoms with Crippen LogP contribution in [-0.4, -0.2) is 34.7 Å². The molecule has 1 aromatic heterocycles. The van der Waals surface area contributed by atoms with Crippen LogP contribution in [0.5, 0.6) is 5.75 Å². The maximum absolute atomic E-state index is 13.0. The summed E-state index contributed by atoms with van der Waals surface area (Å²) in [5, 5.41) is 7.06. The van der Waals surface area contributed by atoms with E-state index in [2.05, 4.69) is 31.4 Å². The van der Waals surface area contributed by atoms with Crippen LogP contribution in [0.3, 0.4) is 0 Å². The number of nitrogens with one attached hydrogen (secondary N) is 1. The third kappa shape index (κ3) is 4.27. The minimum Gasteiger partial charge on any atom is -0.495 e. The fraction of sp³-hybridized carbons (Fsp3) is 0.286. The Kier molecular flexibility index (Phi) is 5.80. The Morgan fingerprint density at radius 1 is 1.21 bits per heavy atom. The first-order chi connectivity index (χ1) is 14.2. The Balaban J connectivity index is 1.54. The molecule has 0 bridgehead atoms. The summed E-state index contributed by atoms with van der Waals surface area (Å²) in [6, 6.07) is 14.6. The molecule has 1 unspecified atom stereocenters. The van der Waals surface area contributed by atoms with E-state index in [1.807, 2.05) is 48.5 Å². The molecule has 8 heteroatoms. The molecule has 1 N–H and O–H groups in total. The number of ether oxygens (including phenoxy) is 1. The first-order valence-electron chi connectivity index (χ1n) is 9.46. The molecule has 0 spiro atoms. The van der Waals surface area contributed by atoms with Crippen molar-refractivity contribution in [1.29, 1.82) is 0 Å². The molecule has 0 saturated carbocycles. The van der Waals surface area contributed by atoms with Crippen LogP contribution in [0, 0.1) is 0 Å². The van der Waals surface area contributed by atoms with Crippen molar-refractivity contribution in [3.63, 3.8) is 0 Å². The number of likely N-dealkylation sites (tertiary alicyclic amines) is 1. The third-order valence-electron chi connectivity index (χ3n) is 4.94. The van der Waals surface area contributed by atoms with Crippen molar-refractivity contribution < 1.29 is 14.1 Å². The number of rotatable bonds is 4. The van der Waals surface area contributed by atoms with Crippen molar-refractivity contribution in [2.45, 2.75) is 25.3 Å². The number of halogens is 1. The molecule has 4 rings (SSSR count). The summed E-state index contributed by atoms with van der Waals surface area (Å²) in [4.78, 5) is 19.3. The average molecular weight is 457 g/mol. The Morgan fingerprint density at radius 3 is 2.79 bits per heavy atom. The van der Waals surface area contributed by atoms with E-state index in [1.54, 1.807) is 12.0 Å². The van der Waals surface area contributed by atoms with Crippen molar-refractivity contribution in [2.24, 2.45) is 0 Å². The van der Waals surface area contributed by atoms with Gasteiger partial charge in [-0.15, -0.1) is 0 Å². The van der Waals surface area contributed by atoms with Crippen molar-refractivity contribution in [2.75, 3.05) is 19.0 Å². The normalized spacial score (nSPS) is 16.5. The quantitative estimate of drug-likeness (QED) is 0.578. The van der Waals surface area contributed by atoms with Gasteiger partial charge in [0.05, 0.1) is 12.8 Å². The number of aromatic nitrogens is 2. The van der Waals surface area contributed by atoms with Crippen LogP contribution >= 0.6 is 15.9 Å². The van der Waals surface area contributed by atoms with Crippen LogP contribution in [0.2, 0.25) is 0 Å². The lowest BCUT2D eigenvalue weighted by molar-refractivity contribution is 0.142. The monoisotopic (exact) mass is 456 g/mol. The number of methoxy groups -OCH3 is 1. The van der Waals surface area contributed by atoms with E-state index in [4.69, 9.17) is 9.26 Å². The van der Waals surface area contributed by atoms with Gasteiger partial charge in [0.25, 0.3) is 0 Å². The summed E-state index contributed by atoms with van der Waals surface area (Å²) in [6.07, 6.45) is 2.71. The number of anilines is 1. The van der Waals surface area contributed by atoms with E-state index in [0.717, 1.165) is 29.3 Å². The van der Waals surface area contributed by atoms with E-state index in [-0.39, 0.29) is 12.1 Å². The molecule has 1 fully saturated rings. The fourth-order valence-corrected chi connectivity index (χ4v) is 3.72. The van der Waals surface area contributed by atoms with Gasteiger partial charge >= 0.3 is 6.03 Å². The van der Waals surface area contributed by atoms with Crippen LogP contribution in [0.4, 0.5) is 10.5 Å². The zero-order valence-corrected chi connectivity index (χ0v) is 17.6. The number of hydrogen-bond donors (Lipinski definition) is 1. The fourth-order valence-electron chi connectivity index (χ4n) is 3.45. The first kappa shape index (κ1) is 19.4. The minimum atomic E-state index is -0.254. The van der Waals surface area contributed by atoms with Gasteiger partial charge in [0.2, 0.25) is 11.7 Å². The van der Waals surface area contributed by atoms with Gasteiger partial charge < -0.3 is 19.5 Å². The molecule has 150 valence electrons. The van der Waals surface area contributed by atoms with Crippen LogP contribution in [0.15, 0.2) is 57.5 Å². The van der Waals surface area contributed by atoms with Crippen LogP contribution in [-0.2, 0) is 0 Å². The van der Waals surface area contributed by atoms with Crippen molar-refractivity contribution in [1.82, 2.24) is 15.0 Å². The highest BCUT2D eigenvalue weighted by atomic mass is 79.9. The molecule has 29 heavy (non-hydrogen) atoms. The SMILES string of the molecule is COc1ccccc1NC(=O)N1CCCCC1c1nc(-c2ccc(Br)cc2)no1. The van der Waals surface area contributed by atoms with Crippen LogP contribution < -0.4 is 10.1 Å². The number of hydrogen-bond acceptors (Lipinski definition) is 5. The number of carbonyl (C=O) groups is 1. The highest BCUT2D eigenvalue weighted by Gasteiger charge is 2.32. The van der Waals surface area contributed by atoms with Gasteiger partial charge in [0.15, 0.2) is 0 Å². The Labute approximate surface area is 177 Å². The lowest BCUT2D eigenvalue weighted by Gasteiger charge is -2.33. The molecule has 2 heterocycles. The van der Waals surface area contributed by atoms with Crippen molar-refractivity contribution in [3.05, 3.63) is 58.9 Å². The second-order valence-corrected chi connectivity index (χ2v) is 7.71. The van der Waals surface area contributed by atoms with E-state index < -0.39 is 0 Å². The maximum atomic E-state index is 13.0. The predicted molar refractivity (Wildman–Crippen MR) is 113 cm³/mol. The maximum Gasteiger partial charge on any atom is 0.322 e. The highest BCUT2D eigenvalue weighted by molar-refractivity contribution is 9.10. The number of benzene rings is 2. The van der Waals surface area contributed by atoms with Gasteiger partial charge in [-0.1, -0.05) is 33.2 Å². The van der Waals surface area contributed by atoms with Gasteiger partial charge in [-0.05, 0) is 55.7 Å². The number of nitrogens with zero attached hydrogens (tertiary/aromatic N) is 3. The minimum absolute atomic E-state index is 0.206. The van der Waals surface area contributed by atoms with E-state index in [1.165, 1.54) is 0 Å². The first-order valence-corrected chi connectivity index (χ1v) is 10.2. The number of para-hydroxylation sites is 2. The summed E-state index contributed by atoms with van der Waals surface area (Å²) in [6.45, 7) is 0.627. The Hall–Kier alpha value is -2.87. The van der Waals surface area contributed by atoms with E-state index in [0.29, 0.717) is 29.7 Å². The molecule has 1 atom stereocenters. The smallest absolute Gasteiger partial charge is 0.322 e. The van der Waals surface area contributed by atoms with E-state index >= 15 is 0 Å².